The zero-order valence-corrected chi connectivity index (χ0v) is 16.0. The molecule has 1 saturated carbocycles. The molecule has 1 saturated heterocycles. The highest BCUT2D eigenvalue weighted by atomic mass is 16.3. The van der Waals surface area contributed by atoms with Crippen LogP contribution in [0.1, 0.15) is 12.5 Å². The van der Waals surface area contributed by atoms with E-state index in [9.17, 15) is 9.90 Å². The molecule has 3 heterocycles. The van der Waals surface area contributed by atoms with Gasteiger partial charge in [-0.15, -0.1) is 0 Å². The normalized spacial score (nSPS) is 33.1. The molecule has 2 aromatic heterocycles. The maximum absolute atomic E-state index is 12.7. The second-order valence-corrected chi connectivity index (χ2v) is 8.09. The van der Waals surface area contributed by atoms with Crippen LogP contribution in [0.15, 0.2) is 24.7 Å². The maximum Gasteiger partial charge on any atom is 0.223 e. The van der Waals surface area contributed by atoms with Crippen molar-refractivity contribution in [3.05, 3.63) is 30.2 Å². The summed E-state index contributed by atoms with van der Waals surface area (Å²) in [4.78, 5) is 19.2. The van der Waals surface area contributed by atoms with Gasteiger partial charge in [0.05, 0.1) is 12.7 Å². The number of fused-ring (bicyclic) bond motifs is 2. The first-order valence-corrected chi connectivity index (χ1v) is 9.82. The number of carbonyl (C=O) groups excluding carboxylic acids is 1. The fourth-order valence-electron chi connectivity index (χ4n) is 4.98. The van der Waals surface area contributed by atoms with Crippen molar-refractivity contribution in [1.82, 2.24) is 24.8 Å². The largest absolute Gasteiger partial charge is 0.395 e. The van der Waals surface area contributed by atoms with Crippen LogP contribution in [0.25, 0.3) is 5.65 Å². The van der Waals surface area contributed by atoms with Gasteiger partial charge < -0.3 is 21.3 Å². The highest BCUT2D eigenvalue weighted by molar-refractivity contribution is 5.79. The van der Waals surface area contributed by atoms with Crippen molar-refractivity contribution in [3.8, 4) is 0 Å². The van der Waals surface area contributed by atoms with Crippen LogP contribution in [0, 0.1) is 23.7 Å². The SMILES string of the molecule is C[C@H]1[C@H](N)[C@@H](O)[C@H]2CN(Cc3ccn4ncnc4c3)C[C@@H]2[C@H]1C(=O)NCCO. The fraction of sp³-hybridized carbons (Fsp3) is 0.632. The van der Waals surface area contributed by atoms with Crippen LogP contribution < -0.4 is 11.1 Å². The summed E-state index contributed by atoms with van der Waals surface area (Å²) in [7, 11) is 0. The molecule has 9 heteroatoms. The first-order valence-electron chi connectivity index (χ1n) is 9.82. The summed E-state index contributed by atoms with van der Waals surface area (Å²) in [5.41, 5.74) is 8.18. The van der Waals surface area contributed by atoms with Gasteiger partial charge in [0, 0.05) is 50.3 Å². The van der Waals surface area contributed by atoms with Crippen molar-refractivity contribution < 1.29 is 15.0 Å². The molecule has 0 bridgehead atoms. The summed E-state index contributed by atoms with van der Waals surface area (Å²) in [5, 5.41) is 26.7. The number of nitrogens with two attached hydrogens (primary N) is 1. The molecule has 6 atom stereocenters. The average Bonchev–Trinajstić information content (AvgIpc) is 3.31. The van der Waals surface area contributed by atoms with E-state index >= 15 is 0 Å². The number of aliphatic hydroxyl groups is 2. The zero-order chi connectivity index (χ0) is 19.8. The predicted molar refractivity (Wildman–Crippen MR) is 102 cm³/mol. The topological polar surface area (TPSA) is 129 Å². The Bertz CT molecular complexity index is 842. The van der Waals surface area contributed by atoms with Crippen molar-refractivity contribution in [2.75, 3.05) is 26.2 Å². The number of hydrogen-bond acceptors (Lipinski definition) is 7. The molecule has 0 radical (unpaired) electrons. The van der Waals surface area contributed by atoms with Crippen LogP contribution in [-0.2, 0) is 11.3 Å². The average molecular weight is 388 g/mol. The molecular weight excluding hydrogens is 360 g/mol. The molecule has 28 heavy (non-hydrogen) atoms. The number of carbonyl (C=O) groups is 1. The number of amides is 1. The Hall–Kier alpha value is -2.07. The Morgan fingerprint density at radius 1 is 1.39 bits per heavy atom. The number of likely N-dealkylation sites (tertiary alicyclic amines) is 1. The molecule has 5 N–H and O–H groups in total. The summed E-state index contributed by atoms with van der Waals surface area (Å²) in [5.74, 6) is -0.458. The molecule has 1 aliphatic heterocycles. The first-order chi connectivity index (χ1) is 13.5. The molecule has 0 aromatic carbocycles. The molecule has 1 amide bonds. The standard InChI is InChI=1S/C19H28N6O3/c1-11-16(19(28)21-3-5-26)13-8-24(9-14(13)18(27)17(11)20)7-12-2-4-25-15(6-12)22-10-23-25/h2,4,6,10-11,13-14,16-18,26-27H,3,5,7-9,20H2,1H3,(H,21,28)/t11-,13+,14+,16+,17+,18+/m1/s1. The van der Waals surface area contributed by atoms with Gasteiger partial charge in [-0.25, -0.2) is 9.50 Å². The second kappa shape index (κ2) is 7.75. The van der Waals surface area contributed by atoms with Crippen LogP contribution in [-0.4, -0.2) is 74.0 Å². The second-order valence-electron chi connectivity index (χ2n) is 8.09. The van der Waals surface area contributed by atoms with E-state index in [1.165, 1.54) is 6.33 Å². The van der Waals surface area contributed by atoms with Crippen molar-refractivity contribution >= 4 is 11.6 Å². The van der Waals surface area contributed by atoms with Crippen LogP contribution in [0.4, 0.5) is 0 Å². The lowest BCUT2D eigenvalue weighted by molar-refractivity contribution is -0.134. The van der Waals surface area contributed by atoms with Crippen LogP contribution in [0.3, 0.4) is 0 Å². The van der Waals surface area contributed by atoms with Gasteiger partial charge >= 0.3 is 0 Å². The molecule has 2 aliphatic rings. The number of pyridine rings is 1. The first kappa shape index (κ1) is 19.3. The minimum atomic E-state index is -0.620. The Labute approximate surface area is 163 Å². The highest BCUT2D eigenvalue weighted by Crippen LogP contribution is 2.43. The van der Waals surface area contributed by atoms with Gasteiger partial charge in [0.25, 0.3) is 0 Å². The fourth-order valence-corrected chi connectivity index (χ4v) is 4.98. The van der Waals surface area contributed by atoms with Crippen molar-refractivity contribution in [1.29, 1.82) is 0 Å². The van der Waals surface area contributed by atoms with E-state index in [1.54, 1.807) is 4.52 Å². The lowest BCUT2D eigenvalue weighted by Gasteiger charge is -2.44. The van der Waals surface area contributed by atoms with Gasteiger partial charge in [0.15, 0.2) is 5.65 Å². The predicted octanol–water partition coefficient (Wildman–Crippen LogP) is -1.16. The maximum atomic E-state index is 12.7. The lowest BCUT2D eigenvalue weighted by Crippen LogP contribution is -2.58. The number of aliphatic hydroxyl groups excluding tert-OH is 2. The van der Waals surface area contributed by atoms with E-state index in [4.69, 9.17) is 10.8 Å². The number of nitrogens with one attached hydrogen (secondary N) is 1. The Balaban J connectivity index is 1.52. The van der Waals surface area contributed by atoms with E-state index < -0.39 is 12.1 Å². The van der Waals surface area contributed by atoms with Crippen LogP contribution in [0.2, 0.25) is 0 Å². The number of hydrogen-bond donors (Lipinski definition) is 4. The summed E-state index contributed by atoms with van der Waals surface area (Å²) in [6.07, 6.45) is 2.79. The summed E-state index contributed by atoms with van der Waals surface area (Å²) in [6, 6.07) is 3.59. The minimum absolute atomic E-state index is 0.0344. The van der Waals surface area contributed by atoms with Gasteiger partial charge in [-0.2, -0.15) is 5.10 Å². The van der Waals surface area contributed by atoms with Gasteiger partial charge in [-0.1, -0.05) is 6.92 Å². The van der Waals surface area contributed by atoms with Crippen molar-refractivity contribution in [3.63, 3.8) is 0 Å². The number of aromatic nitrogens is 3. The van der Waals surface area contributed by atoms with E-state index in [1.807, 2.05) is 25.3 Å². The molecular formula is C19H28N6O3. The monoisotopic (exact) mass is 388 g/mol. The number of nitrogens with zero attached hydrogens (tertiary/aromatic N) is 4. The lowest BCUT2D eigenvalue weighted by atomic mass is 9.64. The Morgan fingerprint density at radius 3 is 2.96 bits per heavy atom. The number of rotatable bonds is 5. The Morgan fingerprint density at radius 2 is 2.18 bits per heavy atom. The van der Waals surface area contributed by atoms with Gasteiger partial charge in [-0.05, 0) is 29.5 Å². The third kappa shape index (κ3) is 3.39. The van der Waals surface area contributed by atoms with Gasteiger partial charge in [0.2, 0.25) is 5.91 Å². The van der Waals surface area contributed by atoms with Crippen LogP contribution in [0.5, 0.6) is 0 Å². The van der Waals surface area contributed by atoms with Gasteiger partial charge in [0.1, 0.15) is 6.33 Å². The third-order valence-electron chi connectivity index (χ3n) is 6.42. The highest BCUT2D eigenvalue weighted by Gasteiger charge is 2.53. The van der Waals surface area contributed by atoms with Crippen LogP contribution >= 0.6 is 0 Å². The molecule has 152 valence electrons. The molecule has 1 aliphatic carbocycles. The van der Waals surface area contributed by atoms with E-state index in [2.05, 4.69) is 20.3 Å². The molecule has 0 spiro atoms. The minimum Gasteiger partial charge on any atom is -0.395 e. The quantitative estimate of drug-likeness (QED) is 0.508. The Kier molecular flexibility index (Phi) is 5.33. The summed E-state index contributed by atoms with van der Waals surface area (Å²) >= 11 is 0. The van der Waals surface area contributed by atoms with Crippen molar-refractivity contribution in [2.24, 2.45) is 29.4 Å². The molecule has 2 aromatic rings. The molecule has 0 unspecified atom stereocenters. The summed E-state index contributed by atoms with van der Waals surface area (Å²) in [6.45, 7) is 4.24. The summed E-state index contributed by atoms with van der Waals surface area (Å²) < 4.78 is 1.72. The molecule has 4 rings (SSSR count). The smallest absolute Gasteiger partial charge is 0.223 e. The third-order valence-corrected chi connectivity index (χ3v) is 6.42. The van der Waals surface area contributed by atoms with E-state index in [0.717, 1.165) is 24.3 Å². The van der Waals surface area contributed by atoms with Gasteiger partial charge in [-0.3, -0.25) is 9.69 Å². The van der Waals surface area contributed by atoms with E-state index in [-0.39, 0.29) is 42.7 Å². The zero-order valence-electron chi connectivity index (χ0n) is 16.0. The van der Waals surface area contributed by atoms with E-state index in [0.29, 0.717) is 6.54 Å². The van der Waals surface area contributed by atoms with Crippen molar-refractivity contribution in [2.45, 2.75) is 25.6 Å². The molecule has 9 nitrogen and oxygen atoms in total. The molecule has 2 fully saturated rings.